The zero-order valence-electron chi connectivity index (χ0n) is 17.3. The first-order valence-corrected chi connectivity index (χ1v) is 10.2. The molecule has 1 aliphatic heterocycles. The summed E-state index contributed by atoms with van der Waals surface area (Å²) in [6.45, 7) is 5.01. The summed E-state index contributed by atoms with van der Waals surface area (Å²) in [5.74, 6) is -0.287. The second-order valence-electron chi connectivity index (χ2n) is 7.97. The third-order valence-electron chi connectivity index (χ3n) is 5.50. The number of aryl methyl sites for hydroxylation is 2. The van der Waals surface area contributed by atoms with Gasteiger partial charge in [-0.3, -0.25) is 9.59 Å². The minimum absolute atomic E-state index is 0.00718. The average molecular weight is 399 g/mol. The Morgan fingerprint density at radius 3 is 2.00 bits per heavy atom. The Hall–Kier alpha value is -3.40. The molecule has 0 N–H and O–H groups in total. The summed E-state index contributed by atoms with van der Waals surface area (Å²) in [6.07, 6.45) is 0.201. The van der Waals surface area contributed by atoms with Gasteiger partial charge in [0, 0.05) is 19.5 Å². The van der Waals surface area contributed by atoms with Crippen molar-refractivity contribution in [2.45, 2.75) is 26.8 Å². The van der Waals surface area contributed by atoms with Crippen LogP contribution in [0.4, 0.5) is 0 Å². The summed E-state index contributed by atoms with van der Waals surface area (Å²) in [5.41, 5.74) is 5.64. The Labute approximate surface area is 177 Å². The molecule has 0 radical (unpaired) electrons. The van der Waals surface area contributed by atoms with E-state index >= 15 is 0 Å². The first kappa shape index (κ1) is 19.9. The maximum absolute atomic E-state index is 12.6. The van der Waals surface area contributed by atoms with E-state index in [4.69, 9.17) is 4.74 Å². The monoisotopic (exact) mass is 399 g/mol. The third kappa shape index (κ3) is 4.60. The molecule has 1 aliphatic rings. The van der Waals surface area contributed by atoms with E-state index in [1.165, 1.54) is 11.1 Å². The number of benzene rings is 3. The van der Waals surface area contributed by atoms with Gasteiger partial charge in [-0.2, -0.15) is 0 Å². The van der Waals surface area contributed by atoms with Crippen LogP contribution >= 0.6 is 0 Å². The number of ether oxygens (including phenoxy) is 1. The molecule has 4 nitrogen and oxygen atoms in total. The molecule has 1 atom stereocenters. The summed E-state index contributed by atoms with van der Waals surface area (Å²) in [7, 11) is 0. The molecule has 0 bridgehead atoms. The topological polar surface area (TPSA) is 46.6 Å². The highest BCUT2D eigenvalue weighted by Crippen LogP contribution is 2.25. The van der Waals surface area contributed by atoms with Crippen molar-refractivity contribution in [2.24, 2.45) is 5.92 Å². The first-order valence-electron chi connectivity index (χ1n) is 10.2. The predicted molar refractivity (Wildman–Crippen MR) is 117 cm³/mol. The molecule has 0 spiro atoms. The Kier molecular flexibility index (Phi) is 5.66. The summed E-state index contributed by atoms with van der Waals surface area (Å²) in [6, 6.07) is 23.9. The van der Waals surface area contributed by atoms with Crippen LogP contribution in [-0.2, 0) is 16.1 Å². The number of esters is 1. The van der Waals surface area contributed by atoms with Crippen molar-refractivity contribution in [1.82, 2.24) is 4.90 Å². The van der Waals surface area contributed by atoms with Gasteiger partial charge >= 0.3 is 5.97 Å². The number of amides is 1. The minimum Gasteiger partial charge on any atom is -0.426 e. The molecule has 0 aliphatic carbocycles. The fourth-order valence-corrected chi connectivity index (χ4v) is 3.66. The molecule has 3 aromatic rings. The van der Waals surface area contributed by atoms with Gasteiger partial charge in [0.05, 0.1) is 5.92 Å². The molecule has 1 heterocycles. The highest BCUT2D eigenvalue weighted by molar-refractivity contribution is 5.87. The lowest BCUT2D eigenvalue weighted by molar-refractivity contribution is -0.139. The van der Waals surface area contributed by atoms with Crippen molar-refractivity contribution in [3.05, 3.63) is 89.5 Å². The number of rotatable bonds is 5. The predicted octanol–water partition coefficient (Wildman–Crippen LogP) is 4.92. The molecule has 1 fully saturated rings. The highest BCUT2D eigenvalue weighted by atomic mass is 16.5. The molecular formula is C26H25NO3. The normalized spacial score (nSPS) is 16.0. The number of hydrogen-bond donors (Lipinski definition) is 0. The van der Waals surface area contributed by atoms with Crippen LogP contribution in [-0.4, -0.2) is 23.3 Å². The molecule has 0 aromatic heterocycles. The van der Waals surface area contributed by atoms with E-state index in [1.54, 1.807) is 17.0 Å². The lowest BCUT2D eigenvalue weighted by Gasteiger charge is -2.16. The number of carbonyl (C=O) groups excluding carboxylic acids is 2. The highest BCUT2D eigenvalue weighted by Gasteiger charge is 2.35. The summed E-state index contributed by atoms with van der Waals surface area (Å²) < 4.78 is 5.55. The Morgan fingerprint density at radius 2 is 1.40 bits per heavy atom. The van der Waals surface area contributed by atoms with Crippen molar-refractivity contribution < 1.29 is 14.3 Å². The van der Waals surface area contributed by atoms with E-state index in [0.29, 0.717) is 18.8 Å². The van der Waals surface area contributed by atoms with E-state index in [9.17, 15) is 9.59 Å². The van der Waals surface area contributed by atoms with Crippen LogP contribution in [0.3, 0.4) is 0 Å². The standard InChI is InChI=1S/C26H25NO3/c1-18-3-7-20(8-4-18)16-27-17-23(15-25(27)28)26(29)30-24-13-11-22(12-14-24)21-9-5-19(2)6-10-21/h3-14,23H,15-17H2,1-2H3. The lowest BCUT2D eigenvalue weighted by atomic mass is 10.0. The van der Waals surface area contributed by atoms with Crippen molar-refractivity contribution in [1.29, 1.82) is 0 Å². The largest absolute Gasteiger partial charge is 0.426 e. The second kappa shape index (κ2) is 8.54. The maximum Gasteiger partial charge on any atom is 0.316 e. The molecule has 1 unspecified atom stereocenters. The number of likely N-dealkylation sites (tertiary alicyclic amines) is 1. The van der Waals surface area contributed by atoms with Gasteiger partial charge in [0.1, 0.15) is 5.75 Å². The zero-order chi connectivity index (χ0) is 21.1. The lowest BCUT2D eigenvalue weighted by Crippen LogP contribution is -2.27. The molecule has 1 saturated heterocycles. The summed E-state index contributed by atoms with van der Waals surface area (Å²) in [4.78, 5) is 26.7. The van der Waals surface area contributed by atoms with E-state index in [0.717, 1.165) is 16.7 Å². The number of hydrogen-bond acceptors (Lipinski definition) is 3. The number of carbonyl (C=O) groups is 2. The first-order chi connectivity index (χ1) is 14.5. The average Bonchev–Trinajstić information content (AvgIpc) is 3.11. The van der Waals surface area contributed by atoms with Crippen LogP contribution in [0.15, 0.2) is 72.8 Å². The van der Waals surface area contributed by atoms with Crippen LogP contribution < -0.4 is 4.74 Å². The van der Waals surface area contributed by atoms with Gasteiger partial charge in [-0.15, -0.1) is 0 Å². The minimum atomic E-state index is -0.431. The van der Waals surface area contributed by atoms with Gasteiger partial charge in [0.2, 0.25) is 5.91 Å². The van der Waals surface area contributed by atoms with Gasteiger partial charge in [-0.1, -0.05) is 71.8 Å². The van der Waals surface area contributed by atoms with E-state index in [1.807, 2.05) is 43.3 Å². The zero-order valence-corrected chi connectivity index (χ0v) is 17.3. The number of nitrogens with zero attached hydrogens (tertiary/aromatic N) is 1. The molecule has 0 saturated carbocycles. The fourth-order valence-electron chi connectivity index (χ4n) is 3.66. The quantitative estimate of drug-likeness (QED) is 0.452. The SMILES string of the molecule is Cc1ccc(CN2CC(C(=O)Oc3ccc(-c4ccc(C)cc4)cc3)CC2=O)cc1. The van der Waals surface area contributed by atoms with Crippen molar-refractivity contribution >= 4 is 11.9 Å². The van der Waals surface area contributed by atoms with Gasteiger partial charge in [-0.25, -0.2) is 0 Å². The van der Waals surface area contributed by atoms with Crippen LogP contribution in [0.1, 0.15) is 23.1 Å². The molecule has 152 valence electrons. The van der Waals surface area contributed by atoms with Crippen LogP contribution in [0.25, 0.3) is 11.1 Å². The van der Waals surface area contributed by atoms with Gasteiger partial charge in [0.25, 0.3) is 0 Å². The van der Waals surface area contributed by atoms with E-state index < -0.39 is 5.92 Å². The molecule has 3 aromatic carbocycles. The summed E-state index contributed by atoms with van der Waals surface area (Å²) in [5, 5.41) is 0. The molecule has 4 rings (SSSR count). The van der Waals surface area contributed by atoms with Gasteiger partial charge in [-0.05, 0) is 42.7 Å². The Bertz CT molecular complexity index is 1040. The smallest absolute Gasteiger partial charge is 0.316 e. The van der Waals surface area contributed by atoms with Crippen molar-refractivity contribution in [2.75, 3.05) is 6.54 Å². The Balaban J connectivity index is 1.36. The maximum atomic E-state index is 12.6. The molecule has 30 heavy (non-hydrogen) atoms. The van der Waals surface area contributed by atoms with Crippen LogP contribution in [0, 0.1) is 19.8 Å². The molecule has 4 heteroatoms. The van der Waals surface area contributed by atoms with E-state index in [-0.39, 0.29) is 18.3 Å². The third-order valence-corrected chi connectivity index (χ3v) is 5.50. The van der Waals surface area contributed by atoms with E-state index in [2.05, 4.69) is 31.2 Å². The molecule has 1 amide bonds. The van der Waals surface area contributed by atoms with Crippen LogP contribution in [0.5, 0.6) is 5.75 Å². The van der Waals surface area contributed by atoms with Crippen molar-refractivity contribution in [3.8, 4) is 16.9 Å². The molecular weight excluding hydrogens is 374 g/mol. The van der Waals surface area contributed by atoms with Crippen LogP contribution in [0.2, 0.25) is 0 Å². The summed E-state index contributed by atoms with van der Waals surface area (Å²) >= 11 is 0. The fraction of sp³-hybridized carbons (Fsp3) is 0.231. The Morgan fingerprint density at radius 1 is 0.867 bits per heavy atom. The van der Waals surface area contributed by atoms with Gasteiger partial charge < -0.3 is 9.64 Å². The van der Waals surface area contributed by atoms with Crippen molar-refractivity contribution in [3.63, 3.8) is 0 Å². The second-order valence-corrected chi connectivity index (χ2v) is 7.97. The van der Waals surface area contributed by atoms with Gasteiger partial charge in [0.15, 0.2) is 0 Å².